The van der Waals surface area contributed by atoms with E-state index in [1.807, 2.05) is 6.07 Å². The second-order valence-electron chi connectivity index (χ2n) is 5.96. The van der Waals surface area contributed by atoms with Gasteiger partial charge in [-0.05, 0) is 55.9 Å². The Kier molecular flexibility index (Phi) is 6.01. The summed E-state index contributed by atoms with van der Waals surface area (Å²) in [5.41, 5.74) is 1.05. The van der Waals surface area contributed by atoms with Crippen molar-refractivity contribution in [2.45, 2.75) is 25.7 Å². The summed E-state index contributed by atoms with van der Waals surface area (Å²) in [6.07, 6.45) is -4.36. The molecule has 0 spiro atoms. The fourth-order valence-corrected chi connectivity index (χ4v) is 2.30. The summed E-state index contributed by atoms with van der Waals surface area (Å²) in [4.78, 5) is 14.1. The van der Waals surface area contributed by atoms with Crippen LogP contribution in [-0.4, -0.2) is 23.9 Å². The lowest BCUT2D eigenvalue weighted by atomic mass is 10.1. The molecule has 0 saturated heterocycles. The fourth-order valence-electron chi connectivity index (χ4n) is 2.30. The molecule has 7 heteroatoms. The van der Waals surface area contributed by atoms with E-state index in [4.69, 9.17) is 5.26 Å². The number of likely N-dealkylation sites (N-methyl/N-ethyl adjacent to an activating group) is 1. The third-order valence-electron chi connectivity index (χ3n) is 4.04. The van der Waals surface area contributed by atoms with Crippen molar-refractivity contribution >= 4 is 11.6 Å². The summed E-state index contributed by atoms with van der Waals surface area (Å²) < 4.78 is 37.8. The second kappa shape index (κ2) is 8.02. The molecule has 136 valence electrons. The van der Waals surface area contributed by atoms with Crippen LogP contribution in [0.15, 0.2) is 48.5 Å². The summed E-state index contributed by atoms with van der Waals surface area (Å²) in [5.74, 6) is -0.246. The number of rotatable bonds is 5. The first-order valence-corrected chi connectivity index (χ1v) is 7.88. The average Bonchev–Trinajstić information content (AvgIpc) is 2.61. The lowest BCUT2D eigenvalue weighted by Gasteiger charge is -2.24. The number of carbonyl (C=O) groups excluding carboxylic acids is 1. The normalized spacial score (nSPS) is 12.5. The molecule has 2 aromatic rings. The SMILES string of the molecule is C[C@H](C(=O)Nc1ccc(C#N)cc1)N(C)Cc1ccc(C(F)(F)F)cc1. The van der Waals surface area contributed by atoms with Gasteiger partial charge in [0.15, 0.2) is 0 Å². The number of nitrogens with one attached hydrogen (secondary N) is 1. The number of hydrogen-bond acceptors (Lipinski definition) is 3. The van der Waals surface area contributed by atoms with Gasteiger partial charge in [-0.1, -0.05) is 12.1 Å². The number of anilines is 1. The van der Waals surface area contributed by atoms with Crippen LogP contribution in [0, 0.1) is 11.3 Å². The zero-order chi connectivity index (χ0) is 19.3. The van der Waals surface area contributed by atoms with Crippen molar-refractivity contribution in [1.29, 1.82) is 5.26 Å². The van der Waals surface area contributed by atoms with Crippen LogP contribution >= 0.6 is 0 Å². The van der Waals surface area contributed by atoms with E-state index in [1.165, 1.54) is 12.1 Å². The molecule has 0 aliphatic heterocycles. The van der Waals surface area contributed by atoms with Crippen molar-refractivity contribution in [1.82, 2.24) is 4.90 Å². The third kappa shape index (κ3) is 5.07. The number of halogens is 3. The topological polar surface area (TPSA) is 56.1 Å². The van der Waals surface area contributed by atoms with Crippen LogP contribution in [-0.2, 0) is 17.5 Å². The van der Waals surface area contributed by atoms with Gasteiger partial charge in [0.05, 0.1) is 23.2 Å². The quantitative estimate of drug-likeness (QED) is 0.875. The largest absolute Gasteiger partial charge is 0.416 e. The van der Waals surface area contributed by atoms with Gasteiger partial charge in [0.25, 0.3) is 0 Å². The molecule has 2 aromatic carbocycles. The zero-order valence-corrected chi connectivity index (χ0v) is 14.3. The predicted molar refractivity (Wildman–Crippen MR) is 92.2 cm³/mol. The van der Waals surface area contributed by atoms with Gasteiger partial charge >= 0.3 is 6.18 Å². The van der Waals surface area contributed by atoms with Gasteiger partial charge in [-0.3, -0.25) is 9.69 Å². The van der Waals surface area contributed by atoms with E-state index in [1.54, 1.807) is 43.1 Å². The molecule has 0 fully saturated rings. The van der Waals surface area contributed by atoms with Crippen molar-refractivity contribution in [3.8, 4) is 6.07 Å². The summed E-state index contributed by atoms with van der Waals surface area (Å²) in [6, 6.07) is 12.9. The van der Waals surface area contributed by atoms with Gasteiger partial charge in [0.2, 0.25) is 5.91 Å². The molecule has 0 bridgehead atoms. The molecule has 4 nitrogen and oxygen atoms in total. The van der Waals surface area contributed by atoms with Gasteiger partial charge in [0, 0.05) is 12.2 Å². The molecule has 1 N–H and O–H groups in total. The van der Waals surface area contributed by atoms with E-state index in [9.17, 15) is 18.0 Å². The molecule has 0 aromatic heterocycles. The Hall–Kier alpha value is -2.85. The highest BCUT2D eigenvalue weighted by atomic mass is 19.4. The van der Waals surface area contributed by atoms with Crippen molar-refractivity contribution < 1.29 is 18.0 Å². The molecular weight excluding hydrogens is 343 g/mol. The minimum atomic E-state index is -4.36. The third-order valence-corrected chi connectivity index (χ3v) is 4.04. The van der Waals surface area contributed by atoms with Crippen LogP contribution in [0.5, 0.6) is 0 Å². The van der Waals surface area contributed by atoms with Gasteiger partial charge in [-0.2, -0.15) is 18.4 Å². The maximum atomic E-state index is 12.6. The maximum Gasteiger partial charge on any atom is 0.416 e. The molecule has 0 saturated carbocycles. The van der Waals surface area contributed by atoms with Crippen LogP contribution in [0.2, 0.25) is 0 Å². The lowest BCUT2D eigenvalue weighted by molar-refractivity contribution is -0.137. The van der Waals surface area contributed by atoms with Crippen LogP contribution in [0.3, 0.4) is 0 Å². The van der Waals surface area contributed by atoms with Gasteiger partial charge < -0.3 is 5.32 Å². The number of nitriles is 1. The van der Waals surface area contributed by atoms with Crippen LogP contribution in [0.25, 0.3) is 0 Å². The smallest absolute Gasteiger partial charge is 0.325 e. The lowest BCUT2D eigenvalue weighted by Crippen LogP contribution is -2.39. The maximum absolute atomic E-state index is 12.6. The highest BCUT2D eigenvalue weighted by molar-refractivity contribution is 5.94. The Bertz CT molecular complexity index is 793. The van der Waals surface area contributed by atoms with E-state index < -0.39 is 17.8 Å². The Morgan fingerprint density at radius 3 is 2.23 bits per heavy atom. The average molecular weight is 361 g/mol. The summed E-state index contributed by atoms with van der Waals surface area (Å²) in [5, 5.41) is 11.5. The predicted octanol–water partition coefficient (Wildman–Crippen LogP) is 4.04. The minimum absolute atomic E-state index is 0.246. The number of benzene rings is 2. The molecule has 0 aliphatic carbocycles. The highest BCUT2D eigenvalue weighted by Crippen LogP contribution is 2.29. The van der Waals surface area contributed by atoms with Crippen molar-refractivity contribution in [3.63, 3.8) is 0 Å². The molecule has 0 heterocycles. The molecule has 0 aliphatic rings. The van der Waals surface area contributed by atoms with E-state index in [0.29, 0.717) is 23.4 Å². The van der Waals surface area contributed by atoms with E-state index >= 15 is 0 Å². The Morgan fingerprint density at radius 1 is 1.15 bits per heavy atom. The minimum Gasteiger partial charge on any atom is -0.325 e. The molecular formula is C19H18F3N3O. The number of amides is 1. The summed E-state index contributed by atoms with van der Waals surface area (Å²) in [7, 11) is 1.72. The first-order valence-electron chi connectivity index (χ1n) is 7.88. The number of hydrogen-bond donors (Lipinski definition) is 1. The van der Waals surface area contributed by atoms with Gasteiger partial charge in [-0.15, -0.1) is 0 Å². The first kappa shape index (κ1) is 19.5. The van der Waals surface area contributed by atoms with E-state index in [-0.39, 0.29) is 5.91 Å². The van der Waals surface area contributed by atoms with Gasteiger partial charge in [0.1, 0.15) is 0 Å². The van der Waals surface area contributed by atoms with Crippen molar-refractivity contribution in [2.75, 3.05) is 12.4 Å². The van der Waals surface area contributed by atoms with Gasteiger partial charge in [-0.25, -0.2) is 0 Å². The molecule has 26 heavy (non-hydrogen) atoms. The molecule has 2 rings (SSSR count). The molecule has 1 amide bonds. The van der Waals surface area contributed by atoms with Crippen molar-refractivity contribution in [3.05, 3.63) is 65.2 Å². The Balaban J connectivity index is 1.96. The van der Waals surface area contributed by atoms with E-state index in [2.05, 4.69) is 5.32 Å². The number of carbonyl (C=O) groups is 1. The second-order valence-corrected chi connectivity index (χ2v) is 5.96. The molecule has 0 unspecified atom stereocenters. The highest BCUT2D eigenvalue weighted by Gasteiger charge is 2.30. The number of alkyl halides is 3. The number of nitrogens with zero attached hydrogens (tertiary/aromatic N) is 2. The fraction of sp³-hybridized carbons (Fsp3) is 0.263. The molecule has 0 radical (unpaired) electrons. The van der Waals surface area contributed by atoms with Crippen LogP contribution in [0.4, 0.5) is 18.9 Å². The zero-order valence-electron chi connectivity index (χ0n) is 14.3. The standard InChI is InChI=1S/C19H18F3N3O/c1-13(18(26)24-17-9-5-14(11-23)6-10-17)25(2)12-15-3-7-16(8-4-15)19(20,21)22/h3-10,13H,12H2,1-2H3,(H,24,26)/t13-/m1/s1. The first-order chi connectivity index (χ1) is 12.2. The summed E-state index contributed by atoms with van der Waals surface area (Å²) in [6.45, 7) is 2.04. The van der Waals surface area contributed by atoms with Crippen LogP contribution < -0.4 is 5.32 Å². The van der Waals surface area contributed by atoms with E-state index in [0.717, 1.165) is 12.1 Å². The summed E-state index contributed by atoms with van der Waals surface area (Å²) >= 11 is 0. The van der Waals surface area contributed by atoms with Crippen LogP contribution in [0.1, 0.15) is 23.6 Å². The molecule has 1 atom stereocenters. The Labute approximate surface area is 149 Å². The Morgan fingerprint density at radius 2 is 1.73 bits per heavy atom. The monoisotopic (exact) mass is 361 g/mol. The van der Waals surface area contributed by atoms with Crippen molar-refractivity contribution in [2.24, 2.45) is 0 Å².